The highest BCUT2D eigenvalue weighted by Gasteiger charge is 2.34. The predicted molar refractivity (Wildman–Crippen MR) is 130 cm³/mol. The topological polar surface area (TPSA) is 152 Å². The first-order valence-corrected chi connectivity index (χ1v) is 15.1. The molecular formula is C22H30N6O4S2. The minimum absolute atomic E-state index is 0.0928. The molecule has 184 valence electrons. The standard InChI is InChI=1S/C22H30N6O4S2/c23-33(29,30)12-16-2-1-9-28(11-16)34(31,32)13-15-3-5-17(6-4-15)21-20-18-7-8-24-22(18)25-10-19(20)26-14-27-21/h7-8,10,14-17H,1-6,9,11-13H2,(H,26,27)(H2,23,29,30). The highest BCUT2D eigenvalue weighted by molar-refractivity contribution is 7.89. The van der Waals surface area contributed by atoms with Gasteiger partial charge in [0.2, 0.25) is 20.0 Å². The summed E-state index contributed by atoms with van der Waals surface area (Å²) in [6.45, 7) is 0.693. The summed E-state index contributed by atoms with van der Waals surface area (Å²) in [5.41, 5.74) is 2.66. The minimum Gasteiger partial charge on any atom is -0.349 e. The van der Waals surface area contributed by atoms with E-state index in [1.165, 1.54) is 4.31 Å². The smallest absolute Gasteiger partial charge is 0.214 e. The number of nitrogens with two attached hydrogens (primary N) is 1. The fraction of sp³-hybridized carbons (Fsp3) is 0.591. The van der Waals surface area contributed by atoms with Crippen molar-refractivity contribution < 1.29 is 16.8 Å². The molecule has 2 aliphatic rings. The van der Waals surface area contributed by atoms with Crippen LogP contribution in [-0.4, -0.2) is 65.7 Å². The van der Waals surface area contributed by atoms with Gasteiger partial charge in [0.25, 0.3) is 0 Å². The van der Waals surface area contributed by atoms with E-state index < -0.39 is 20.0 Å². The number of nitrogens with zero attached hydrogens (tertiary/aromatic N) is 4. The third-order valence-electron chi connectivity index (χ3n) is 7.25. The van der Waals surface area contributed by atoms with Gasteiger partial charge < -0.3 is 4.98 Å². The Hall–Kier alpha value is -2.15. The Kier molecular flexibility index (Phi) is 6.34. The molecule has 0 bridgehead atoms. The number of fused-ring (bicyclic) bond motifs is 3. The van der Waals surface area contributed by atoms with Crippen molar-refractivity contribution in [1.82, 2.24) is 24.2 Å². The van der Waals surface area contributed by atoms with E-state index in [9.17, 15) is 16.8 Å². The summed E-state index contributed by atoms with van der Waals surface area (Å²) in [5, 5.41) is 7.22. The van der Waals surface area contributed by atoms with E-state index in [-0.39, 0.29) is 29.9 Å². The Bertz CT molecular complexity index is 1400. The van der Waals surface area contributed by atoms with E-state index in [0.29, 0.717) is 31.0 Å². The number of piperidine rings is 1. The van der Waals surface area contributed by atoms with Gasteiger partial charge in [-0.25, -0.2) is 41.2 Å². The summed E-state index contributed by atoms with van der Waals surface area (Å²) in [6, 6.07) is 1.96. The van der Waals surface area contributed by atoms with Crippen LogP contribution in [0.4, 0.5) is 0 Å². The second kappa shape index (κ2) is 9.14. The maximum atomic E-state index is 13.1. The van der Waals surface area contributed by atoms with Gasteiger partial charge >= 0.3 is 0 Å². The maximum absolute atomic E-state index is 13.1. The van der Waals surface area contributed by atoms with Crippen LogP contribution in [0.5, 0.6) is 0 Å². The van der Waals surface area contributed by atoms with Crippen molar-refractivity contribution in [3.63, 3.8) is 0 Å². The fourth-order valence-electron chi connectivity index (χ4n) is 5.66. The molecule has 3 N–H and O–H groups in total. The van der Waals surface area contributed by atoms with Crippen LogP contribution < -0.4 is 5.14 Å². The molecule has 10 nitrogen and oxygen atoms in total. The number of hydrogen-bond donors (Lipinski definition) is 2. The van der Waals surface area contributed by atoms with Gasteiger partial charge in [0.15, 0.2) is 5.65 Å². The van der Waals surface area contributed by atoms with Gasteiger partial charge in [-0.1, -0.05) is 0 Å². The van der Waals surface area contributed by atoms with Crippen LogP contribution in [0.15, 0.2) is 24.8 Å². The molecular weight excluding hydrogens is 476 g/mol. The summed E-state index contributed by atoms with van der Waals surface area (Å²) < 4.78 is 50.6. The van der Waals surface area contributed by atoms with Crippen molar-refractivity contribution in [2.75, 3.05) is 24.6 Å². The van der Waals surface area contributed by atoms with Gasteiger partial charge in [-0.2, -0.15) is 0 Å². The lowest BCUT2D eigenvalue weighted by Gasteiger charge is -2.34. The molecule has 0 radical (unpaired) electrons. The van der Waals surface area contributed by atoms with Crippen molar-refractivity contribution in [3.05, 3.63) is 30.5 Å². The van der Waals surface area contributed by atoms with Crippen molar-refractivity contribution in [3.8, 4) is 0 Å². The molecule has 1 unspecified atom stereocenters. The van der Waals surface area contributed by atoms with Crippen molar-refractivity contribution in [2.45, 2.75) is 44.4 Å². The monoisotopic (exact) mass is 506 g/mol. The Balaban J connectivity index is 1.26. The Morgan fingerprint density at radius 3 is 2.56 bits per heavy atom. The molecule has 1 saturated carbocycles. The first kappa shape index (κ1) is 23.6. The number of pyridine rings is 1. The molecule has 5 rings (SSSR count). The first-order chi connectivity index (χ1) is 16.2. The van der Waals surface area contributed by atoms with Crippen LogP contribution in [-0.2, 0) is 20.0 Å². The number of rotatable bonds is 6. The number of aromatic amines is 1. The molecule has 4 heterocycles. The molecule has 34 heavy (non-hydrogen) atoms. The van der Waals surface area contributed by atoms with Gasteiger partial charge in [-0.15, -0.1) is 0 Å². The van der Waals surface area contributed by atoms with Crippen LogP contribution >= 0.6 is 0 Å². The molecule has 1 aliphatic heterocycles. The Morgan fingerprint density at radius 1 is 1.00 bits per heavy atom. The average Bonchev–Trinajstić information content (AvgIpc) is 3.27. The molecule has 0 aromatic carbocycles. The van der Waals surface area contributed by atoms with E-state index in [1.54, 1.807) is 18.7 Å². The lowest BCUT2D eigenvalue weighted by atomic mass is 9.80. The van der Waals surface area contributed by atoms with Gasteiger partial charge in [-0.05, 0) is 62.3 Å². The molecule has 1 aliphatic carbocycles. The van der Waals surface area contributed by atoms with Crippen LogP contribution in [0.2, 0.25) is 0 Å². The lowest BCUT2D eigenvalue weighted by molar-refractivity contribution is 0.276. The summed E-state index contributed by atoms with van der Waals surface area (Å²) in [5.74, 6) is 0.0993. The van der Waals surface area contributed by atoms with Gasteiger partial charge in [0.05, 0.1) is 29.5 Å². The zero-order valence-corrected chi connectivity index (χ0v) is 20.6. The zero-order valence-electron chi connectivity index (χ0n) is 18.9. The summed E-state index contributed by atoms with van der Waals surface area (Å²) in [4.78, 5) is 16.5. The summed E-state index contributed by atoms with van der Waals surface area (Å²) in [7, 11) is -7.06. The average molecular weight is 507 g/mol. The highest BCUT2D eigenvalue weighted by atomic mass is 32.2. The van der Waals surface area contributed by atoms with Gasteiger partial charge in [0, 0.05) is 35.8 Å². The van der Waals surface area contributed by atoms with E-state index >= 15 is 0 Å². The van der Waals surface area contributed by atoms with Gasteiger partial charge in [-0.3, -0.25) is 0 Å². The molecule has 0 spiro atoms. The van der Waals surface area contributed by atoms with Crippen LogP contribution in [0.25, 0.3) is 21.9 Å². The molecule has 3 aromatic heterocycles. The number of nitrogens with one attached hydrogen (secondary N) is 1. The van der Waals surface area contributed by atoms with Crippen molar-refractivity contribution in [1.29, 1.82) is 0 Å². The first-order valence-electron chi connectivity index (χ1n) is 11.7. The number of primary sulfonamides is 1. The van der Waals surface area contributed by atoms with Crippen LogP contribution in [0.1, 0.15) is 50.1 Å². The number of aromatic nitrogens is 4. The largest absolute Gasteiger partial charge is 0.349 e. The van der Waals surface area contributed by atoms with E-state index in [4.69, 9.17) is 5.14 Å². The normalized spacial score (nSPS) is 25.1. The third kappa shape index (κ3) is 4.95. The molecule has 0 amide bonds. The van der Waals surface area contributed by atoms with Crippen molar-refractivity contribution in [2.24, 2.45) is 17.0 Å². The summed E-state index contributed by atoms with van der Waals surface area (Å²) in [6.07, 6.45) is 9.98. The fourth-order valence-corrected chi connectivity index (χ4v) is 8.58. The second-order valence-electron chi connectivity index (χ2n) is 9.71. The van der Waals surface area contributed by atoms with E-state index in [2.05, 4.69) is 19.9 Å². The molecule has 1 atom stereocenters. The molecule has 2 fully saturated rings. The third-order valence-corrected chi connectivity index (χ3v) is 10.2. The number of H-pyrrole nitrogens is 1. The maximum Gasteiger partial charge on any atom is 0.214 e. The second-order valence-corrected chi connectivity index (χ2v) is 13.4. The minimum atomic E-state index is -3.61. The van der Waals surface area contributed by atoms with Crippen LogP contribution in [0.3, 0.4) is 0 Å². The van der Waals surface area contributed by atoms with E-state index in [1.807, 2.05) is 6.07 Å². The summed E-state index contributed by atoms with van der Waals surface area (Å²) >= 11 is 0. The Morgan fingerprint density at radius 2 is 1.79 bits per heavy atom. The Labute approximate surface area is 199 Å². The zero-order chi connectivity index (χ0) is 23.9. The molecule has 1 saturated heterocycles. The predicted octanol–water partition coefficient (Wildman–Crippen LogP) is 2.11. The van der Waals surface area contributed by atoms with E-state index in [0.717, 1.165) is 47.7 Å². The number of sulfonamides is 2. The lowest BCUT2D eigenvalue weighted by Crippen LogP contribution is -2.44. The molecule has 12 heteroatoms. The highest BCUT2D eigenvalue weighted by Crippen LogP contribution is 2.39. The quantitative estimate of drug-likeness (QED) is 0.519. The number of hydrogen-bond acceptors (Lipinski definition) is 7. The van der Waals surface area contributed by atoms with Crippen LogP contribution in [0, 0.1) is 11.8 Å². The SMILES string of the molecule is NS(=O)(=O)CC1CCCN(S(=O)(=O)CC2CCC(c3[nH]cnc4cnc5nccc5c34)CC2)C1. The van der Waals surface area contributed by atoms with Crippen molar-refractivity contribution >= 4 is 42.0 Å². The molecule has 3 aromatic rings. The van der Waals surface area contributed by atoms with Gasteiger partial charge in [0.1, 0.15) is 0 Å².